The molecule has 0 bridgehead atoms. The second kappa shape index (κ2) is 4.96. The minimum absolute atomic E-state index is 0.711. The third-order valence-electron chi connectivity index (χ3n) is 1.47. The van der Waals surface area contributed by atoms with E-state index in [0.717, 1.165) is 11.6 Å². The zero-order chi connectivity index (χ0) is 8.81. The number of hydrogen-bond donors (Lipinski definition) is 0. The van der Waals surface area contributed by atoms with Crippen LogP contribution in [0.4, 0.5) is 0 Å². The van der Waals surface area contributed by atoms with Crippen LogP contribution in [0.15, 0.2) is 36.9 Å². The van der Waals surface area contributed by atoms with Crippen LogP contribution in [-0.4, -0.2) is 6.54 Å². The van der Waals surface area contributed by atoms with Gasteiger partial charge in [0.05, 0.1) is 0 Å². The molecule has 1 aromatic carbocycles. The highest BCUT2D eigenvalue weighted by molar-refractivity contribution is 6.30. The zero-order valence-corrected chi connectivity index (χ0v) is 7.59. The van der Waals surface area contributed by atoms with Crippen molar-refractivity contribution in [3.05, 3.63) is 47.5 Å². The molecule has 0 aliphatic carbocycles. The molecule has 63 valence electrons. The van der Waals surface area contributed by atoms with Gasteiger partial charge < -0.3 is 0 Å². The van der Waals surface area contributed by atoms with Crippen LogP contribution in [0.1, 0.15) is 5.56 Å². The van der Waals surface area contributed by atoms with E-state index < -0.39 is 0 Å². The Morgan fingerprint density at radius 1 is 1.33 bits per heavy atom. The summed E-state index contributed by atoms with van der Waals surface area (Å²) in [5.74, 6) is 0. The van der Waals surface area contributed by atoms with Crippen LogP contribution >= 0.6 is 11.6 Å². The van der Waals surface area contributed by atoms with Gasteiger partial charge in [-0.3, -0.25) is 0 Å². The number of benzene rings is 1. The quantitative estimate of drug-likeness (QED) is 0.500. The van der Waals surface area contributed by atoms with E-state index in [1.807, 2.05) is 24.3 Å². The molecule has 0 spiro atoms. The van der Waals surface area contributed by atoms with Crippen molar-refractivity contribution in [2.75, 3.05) is 6.54 Å². The lowest BCUT2D eigenvalue weighted by atomic mass is 10.2. The summed E-state index contributed by atoms with van der Waals surface area (Å²) in [5.41, 5.74) is 1.18. The third kappa shape index (κ3) is 3.07. The normalized spacial score (nSPS) is 9.75. The van der Waals surface area contributed by atoms with Crippen LogP contribution in [0.2, 0.25) is 5.02 Å². The summed E-state index contributed by atoms with van der Waals surface area (Å²) in [6.45, 7) is 5.04. The van der Waals surface area contributed by atoms with Crippen LogP contribution < -0.4 is 5.32 Å². The Labute approximate surface area is 78.1 Å². The molecule has 0 amide bonds. The molecule has 0 heterocycles. The van der Waals surface area contributed by atoms with E-state index in [4.69, 9.17) is 11.6 Å². The Morgan fingerprint density at radius 2 is 2.00 bits per heavy atom. The van der Waals surface area contributed by atoms with Crippen molar-refractivity contribution >= 4 is 11.6 Å². The van der Waals surface area contributed by atoms with Crippen molar-refractivity contribution in [2.45, 2.75) is 6.54 Å². The SMILES string of the molecule is C=CC[N]Cc1ccc(Cl)cc1. The van der Waals surface area contributed by atoms with E-state index in [1.165, 1.54) is 5.56 Å². The fraction of sp³-hybridized carbons (Fsp3) is 0.200. The lowest BCUT2D eigenvalue weighted by Crippen LogP contribution is -2.03. The fourth-order valence-corrected chi connectivity index (χ4v) is 1.00. The van der Waals surface area contributed by atoms with Gasteiger partial charge >= 0.3 is 0 Å². The van der Waals surface area contributed by atoms with E-state index in [9.17, 15) is 0 Å². The molecule has 0 atom stereocenters. The molecular formula is C10H11ClN. The van der Waals surface area contributed by atoms with Crippen LogP contribution in [0.5, 0.6) is 0 Å². The van der Waals surface area contributed by atoms with Gasteiger partial charge in [0.2, 0.25) is 0 Å². The molecule has 12 heavy (non-hydrogen) atoms. The van der Waals surface area contributed by atoms with E-state index in [1.54, 1.807) is 6.08 Å². The van der Waals surface area contributed by atoms with Gasteiger partial charge in [-0.05, 0) is 17.7 Å². The molecule has 0 aliphatic rings. The molecule has 1 radical (unpaired) electrons. The Kier molecular flexibility index (Phi) is 3.85. The van der Waals surface area contributed by atoms with Crippen molar-refractivity contribution < 1.29 is 0 Å². The molecule has 1 aromatic rings. The number of nitrogens with zero attached hydrogens (tertiary/aromatic N) is 1. The Bertz CT molecular complexity index is 241. The molecule has 0 saturated heterocycles. The first-order chi connectivity index (χ1) is 5.83. The van der Waals surface area contributed by atoms with Crippen LogP contribution in [0.25, 0.3) is 0 Å². The molecule has 1 rings (SSSR count). The lowest BCUT2D eigenvalue weighted by Gasteiger charge is -1.99. The smallest absolute Gasteiger partial charge is 0.0406 e. The van der Waals surface area contributed by atoms with E-state index in [-0.39, 0.29) is 0 Å². The average Bonchev–Trinajstić information content (AvgIpc) is 2.09. The standard InChI is InChI=1S/C10H11ClN/c1-2-7-12-8-9-3-5-10(11)6-4-9/h2-6H,1,7-8H2. The highest BCUT2D eigenvalue weighted by atomic mass is 35.5. The molecule has 0 unspecified atom stereocenters. The van der Waals surface area contributed by atoms with Gasteiger partial charge in [0.15, 0.2) is 0 Å². The summed E-state index contributed by atoms with van der Waals surface area (Å²) in [4.78, 5) is 0. The predicted molar refractivity (Wildman–Crippen MR) is 52.4 cm³/mol. The molecule has 0 saturated carbocycles. The highest BCUT2D eigenvalue weighted by Crippen LogP contribution is 2.09. The van der Waals surface area contributed by atoms with E-state index in [2.05, 4.69) is 11.9 Å². The van der Waals surface area contributed by atoms with Crippen molar-refractivity contribution in [1.29, 1.82) is 0 Å². The number of hydrogen-bond acceptors (Lipinski definition) is 0. The maximum atomic E-state index is 5.73. The average molecular weight is 181 g/mol. The van der Waals surface area contributed by atoms with Gasteiger partial charge in [-0.2, -0.15) is 0 Å². The molecule has 0 fully saturated rings. The minimum atomic E-state index is 0.711. The van der Waals surface area contributed by atoms with Crippen LogP contribution in [0, 0.1) is 0 Å². The number of halogens is 1. The lowest BCUT2D eigenvalue weighted by molar-refractivity contribution is 0.743. The molecule has 1 nitrogen and oxygen atoms in total. The van der Waals surface area contributed by atoms with Crippen LogP contribution in [0.3, 0.4) is 0 Å². The molecular weight excluding hydrogens is 170 g/mol. The van der Waals surface area contributed by atoms with Gasteiger partial charge in [-0.1, -0.05) is 29.8 Å². The molecule has 2 heteroatoms. The fourth-order valence-electron chi connectivity index (χ4n) is 0.875. The number of rotatable bonds is 4. The summed E-state index contributed by atoms with van der Waals surface area (Å²) >= 11 is 5.73. The monoisotopic (exact) mass is 180 g/mol. The summed E-state index contributed by atoms with van der Waals surface area (Å²) in [6, 6.07) is 7.71. The van der Waals surface area contributed by atoms with Crippen molar-refractivity contribution in [3.8, 4) is 0 Å². The highest BCUT2D eigenvalue weighted by Gasteiger charge is 1.91. The maximum Gasteiger partial charge on any atom is 0.0406 e. The van der Waals surface area contributed by atoms with Gasteiger partial charge in [0.1, 0.15) is 0 Å². The summed E-state index contributed by atoms with van der Waals surface area (Å²) < 4.78 is 0. The first kappa shape index (κ1) is 9.30. The Hall–Kier alpha value is -0.790. The summed E-state index contributed by atoms with van der Waals surface area (Å²) in [5, 5.41) is 4.99. The first-order valence-corrected chi connectivity index (χ1v) is 4.19. The van der Waals surface area contributed by atoms with E-state index >= 15 is 0 Å². The molecule has 0 aromatic heterocycles. The molecule has 0 N–H and O–H groups in total. The first-order valence-electron chi connectivity index (χ1n) is 3.81. The third-order valence-corrected chi connectivity index (χ3v) is 1.72. The topological polar surface area (TPSA) is 14.1 Å². The second-order valence-electron chi connectivity index (χ2n) is 2.48. The van der Waals surface area contributed by atoms with Gasteiger partial charge in [-0.25, -0.2) is 5.32 Å². The van der Waals surface area contributed by atoms with Crippen LogP contribution in [-0.2, 0) is 6.54 Å². The van der Waals surface area contributed by atoms with Gasteiger partial charge in [-0.15, -0.1) is 6.58 Å². The van der Waals surface area contributed by atoms with Crippen molar-refractivity contribution in [2.24, 2.45) is 0 Å². The van der Waals surface area contributed by atoms with E-state index in [0.29, 0.717) is 6.54 Å². The zero-order valence-electron chi connectivity index (χ0n) is 6.83. The summed E-state index contributed by atoms with van der Waals surface area (Å²) in [6.07, 6.45) is 1.79. The summed E-state index contributed by atoms with van der Waals surface area (Å²) in [7, 11) is 0. The Morgan fingerprint density at radius 3 is 2.58 bits per heavy atom. The Balaban J connectivity index is 2.42. The van der Waals surface area contributed by atoms with Crippen molar-refractivity contribution in [1.82, 2.24) is 5.32 Å². The van der Waals surface area contributed by atoms with Crippen molar-refractivity contribution in [3.63, 3.8) is 0 Å². The second-order valence-corrected chi connectivity index (χ2v) is 2.92. The predicted octanol–water partition coefficient (Wildman–Crippen LogP) is 2.63. The largest absolute Gasteiger partial charge is 0.233 e. The minimum Gasteiger partial charge on any atom is -0.233 e. The molecule has 0 aliphatic heterocycles. The van der Waals surface area contributed by atoms with Gasteiger partial charge in [0, 0.05) is 18.1 Å². The van der Waals surface area contributed by atoms with Gasteiger partial charge in [0.25, 0.3) is 0 Å². The maximum absolute atomic E-state index is 5.73.